The number of anilines is 1. The Labute approximate surface area is 211 Å². The number of benzene rings is 1. The summed E-state index contributed by atoms with van der Waals surface area (Å²) in [6, 6.07) is 7.99. The highest BCUT2D eigenvalue weighted by atomic mass is 19.4. The standard InChI is InChI=1S/C28H36F3N3O2/c1-18(2)25(35)33-16-27(17-33)21-9-3-4-11-24(21)34(26(27)36)15-23-20(8-6-14-28(29,30)31)13-12-19-7-5-10-22(19)32-23/h3-4,9,11,18-20,22H,5-8,10,12-17H2,1-2H3. The van der Waals surface area contributed by atoms with Crippen molar-refractivity contribution in [3.63, 3.8) is 0 Å². The molecule has 196 valence electrons. The van der Waals surface area contributed by atoms with Gasteiger partial charge in [0, 0.05) is 36.8 Å². The minimum absolute atomic E-state index is 0.0135. The Hall–Kier alpha value is -2.38. The van der Waals surface area contributed by atoms with Crippen molar-refractivity contribution in [1.29, 1.82) is 0 Å². The van der Waals surface area contributed by atoms with Gasteiger partial charge in [0.15, 0.2) is 0 Å². The molecule has 1 saturated heterocycles. The maximum Gasteiger partial charge on any atom is 0.389 e. The van der Waals surface area contributed by atoms with Crippen LogP contribution in [0, 0.1) is 17.8 Å². The van der Waals surface area contributed by atoms with Crippen molar-refractivity contribution in [2.24, 2.45) is 22.7 Å². The number of fused-ring (bicyclic) bond motifs is 3. The fourth-order valence-electron chi connectivity index (χ4n) is 6.80. The van der Waals surface area contributed by atoms with Gasteiger partial charge in [-0.05, 0) is 62.0 Å². The number of rotatable bonds is 6. The number of carbonyl (C=O) groups is 2. The summed E-state index contributed by atoms with van der Waals surface area (Å²) in [5, 5.41) is 0. The third-order valence-corrected chi connectivity index (χ3v) is 8.73. The molecule has 8 heteroatoms. The summed E-state index contributed by atoms with van der Waals surface area (Å²) >= 11 is 0. The van der Waals surface area contributed by atoms with Gasteiger partial charge in [-0.1, -0.05) is 38.5 Å². The summed E-state index contributed by atoms with van der Waals surface area (Å²) < 4.78 is 38.6. The zero-order chi connectivity index (χ0) is 25.7. The number of amides is 2. The molecule has 0 N–H and O–H groups in total. The second-order valence-corrected chi connectivity index (χ2v) is 11.5. The lowest BCUT2D eigenvalue weighted by molar-refractivity contribution is -0.146. The molecule has 1 aromatic carbocycles. The molecule has 3 atom stereocenters. The summed E-state index contributed by atoms with van der Waals surface area (Å²) in [5.41, 5.74) is 1.96. The number of carbonyl (C=O) groups excluding carboxylic acids is 2. The highest BCUT2D eigenvalue weighted by Crippen LogP contribution is 2.48. The molecule has 1 aliphatic carbocycles. The second kappa shape index (κ2) is 9.49. The normalized spacial score (nSPS) is 27.1. The lowest BCUT2D eigenvalue weighted by atomic mass is 9.74. The number of alkyl halides is 3. The van der Waals surface area contributed by atoms with Crippen LogP contribution >= 0.6 is 0 Å². The van der Waals surface area contributed by atoms with E-state index in [1.165, 1.54) is 0 Å². The molecule has 0 aromatic heterocycles. The van der Waals surface area contributed by atoms with Gasteiger partial charge in [-0.2, -0.15) is 13.2 Å². The fourth-order valence-corrected chi connectivity index (χ4v) is 6.80. The van der Waals surface area contributed by atoms with Crippen molar-refractivity contribution >= 4 is 23.2 Å². The molecule has 0 radical (unpaired) electrons. The Balaban J connectivity index is 1.40. The quantitative estimate of drug-likeness (QED) is 0.513. The SMILES string of the molecule is CC(C)C(=O)N1CC2(C1)C(=O)N(CC1=NC3CCCC3CCC1CCCC(F)(F)F)c1ccccc12. The van der Waals surface area contributed by atoms with E-state index in [9.17, 15) is 22.8 Å². The smallest absolute Gasteiger partial charge is 0.339 e. The van der Waals surface area contributed by atoms with Crippen LogP contribution in [0.1, 0.15) is 70.8 Å². The van der Waals surface area contributed by atoms with Gasteiger partial charge < -0.3 is 9.80 Å². The average molecular weight is 504 g/mol. The highest BCUT2D eigenvalue weighted by molar-refractivity contribution is 6.13. The second-order valence-electron chi connectivity index (χ2n) is 11.5. The average Bonchev–Trinajstić information content (AvgIpc) is 3.28. The summed E-state index contributed by atoms with van der Waals surface area (Å²) in [6.07, 6.45) is 0.718. The van der Waals surface area contributed by atoms with Gasteiger partial charge in [-0.3, -0.25) is 14.6 Å². The lowest BCUT2D eigenvalue weighted by Gasteiger charge is -2.47. The van der Waals surface area contributed by atoms with E-state index in [0.717, 1.165) is 49.1 Å². The van der Waals surface area contributed by atoms with E-state index in [2.05, 4.69) is 0 Å². The number of nitrogens with zero attached hydrogens (tertiary/aromatic N) is 3. The van der Waals surface area contributed by atoms with Crippen molar-refractivity contribution < 1.29 is 22.8 Å². The Morgan fingerprint density at radius 2 is 1.89 bits per heavy atom. The van der Waals surface area contributed by atoms with E-state index in [1.807, 2.05) is 38.1 Å². The third kappa shape index (κ3) is 4.56. The van der Waals surface area contributed by atoms with Crippen LogP contribution in [-0.4, -0.2) is 54.3 Å². The van der Waals surface area contributed by atoms with Crippen molar-refractivity contribution in [3.05, 3.63) is 29.8 Å². The maximum absolute atomic E-state index is 13.9. The van der Waals surface area contributed by atoms with Crippen LogP contribution in [0.15, 0.2) is 29.3 Å². The van der Waals surface area contributed by atoms with Crippen LogP contribution in [0.5, 0.6) is 0 Å². The van der Waals surface area contributed by atoms with E-state index in [4.69, 9.17) is 4.99 Å². The molecule has 36 heavy (non-hydrogen) atoms. The van der Waals surface area contributed by atoms with Crippen molar-refractivity contribution in [1.82, 2.24) is 4.90 Å². The van der Waals surface area contributed by atoms with Crippen molar-refractivity contribution in [2.45, 2.75) is 82.8 Å². The largest absolute Gasteiger partial charge is 0.389 e. The van der Waals surface area contributed by atoms with Crippen LogP contribution in [0.2, 0.25) is 0 Å². The number of likely N-dealkylation sites (tertiary alicyclic amines) is 1. The summed E-state index contributed by atoms with van der Waals surface area (Å²) in [6.45, 7) is 4.81. The number of hydrogen-bond acceptors (Lipinski definition) is 3. The molecule has 2 fully saturated rings. The molecule has 1 aromatic rings. The molecule has 4 aliphatic rings. The molecule has 5 nitrogen and oxygen atoms in total. The third-order valence-electron chi connectivity index (χ3n) is 8.73. The van der Waals surface area contributed by atoms with Crippen LogP contribution in [0.3, 0.4) is 0 Å². The Bertz CT molecular complexity index is 1040. The minimum Gasteiger partial charge on any atom is -0.339 e. The van der Waals surface area contributed by atoms with Crippen LogP contribution in [0.4, 0.5) is 18.9 Å². The first-order chi connectivity index (χ1) is 17.1. The monoisotopic (exact) mass is 503 g/mol. The molecule has 1 saturated carbocycles. The van der Waals surface area contributed by atoms with Gasteiger partial charge >= 0.3 is 6.18 Å². The molecular formula is C28H36F3N3O2. The van der Waals surface area contributed by atoms with Crippen LogP contribution in [0.25, 0.3) is 0 Å². The van der Waals surface area contributed by atoms with E-state index < -0.39 is 18.0 Å². The lowest BCUT2D eigenvalue weighted by Crippen LogP contribution is -2.66. The molecular weight excluding hydrogens is 467 g/mol. The van der Waals surface area contributed by atoms with E-state index >= 15 is 0 Å². The summed E-state index contributed by atoms with van der Waals surface area (Å²) in [7, 11) is 0. The number of halogens is 3. The maximum atomic E-state index is 13.9. The van der Waals surface area contributed by atoms with E-state index in [1.54, 1.807) is 9.80 Å². The molecule has 5 rings (SSSR count). The first kappa shape index (κ1) is 25.3. The van der Waals surface area contributed by atoms with Crippen molar-refractivity contribution in [3.8, 4) is 0 Å². The first-order valence-corrected chi connectivity index (χ1v) is 13.4. The number of aliphatic imine (C=N–C) groups is 1. The predicted molar refractivity (Wildman–Crippen MR) is 133 cm³/mol. The number of hydrogen-bond donors (Lipinski definition) is 0. The van der Waals surface area contributed by atoms with Gasteiger partial charge in [0.05, 0.1) is 12.6 Å². The van der Waals surface area contributed by atoms with Gasteiger partial charge in [0.25, 0.3) is 0 Å². The summed E-state index contributed by atoms with van der Waals surface area (Å²) in [5.74, 6) is 0.384. The first-order valence-electron chi connectivity index (χ1n) is 13.4. The van der Waals surface area contributed by atoms with Gasteiger partial charge in [0.2, 0.25) is 11.8 Å². The zero-order valence-corrected chi connectivity index (χ0v) is 21.2. The highest BCUT2D eigenvalue weighted by Gasteiger charge is 2.59. The molecule has 3 heterocycles. The zero-order valence-electron chi connectivity index (χ0n) is 21.2. The fraction of sp³-hybridized carbons (Fsp3) is 0.679. The van der Waals surface area contributed by atoms with E-state index in [0.29, 0.717) is 32.0 Å². The molecule has 0 bridgehead atoms. The predicted octanol–water partition coefficient (Wildman–Crippen LogP) is 5.52. The van der Waals surface area contributed by atoms with Gasteiger partial charge in [0.1, 0.15) is 5.41 Å². The molecule has 2 amide bonds. The van der Waals surface area contributed by atoms with E-state index in [-0.39, 0.29) is 36.1 Å². The van der Waals surface area contributed by atoms with Crippen molar-refractivity contribution in [2.75, 3.05) is 24.5 Å². The summed E-state index contributed by atoms with van der Waals surface area (Å²) in [4.78, 5) is 35.2. The topological polar surface area (TPSA) is 53.0 Å². The minimum atomic E-state index is -4.15. The number of para-hydroxylation sites is 1. The Morgan fingerprint density at radius 1 is 1.14 bits per heavy atom. The Kier molecular flexibility index (Phi) is 6.66. The van der Waals surface area contributed by atoms with Crippen LogP contribution < -0.4 is 4.90 Å². The van der Waals surface area contributed by atoms with Gasteiger partial charge in [-0.25, -0.2) is 0 Å². The Morgan fingerprint density at radius 3 is 2.61 bits per heavy atom. The molecule has 3 unspecified atom stereocenters. The molecule has 3 aliphatic heterocycles. The van der Waals surface area contributed by atoms with Crippen LogP contribution in [-0.2, 0) is 15.0 Å². The van der Waals surface area contributed by atoms with Gasteiger partial charge in [-0.15, -0.1) is 0 Å². The molecule has 1 spiro atoms.